The zero-order valence-electron chi connectivity index (χ0n) is 15.9. The number of carbonyl (C=O) groups excluding carboxylic acids is 1. The monoisotopic (exact) mass is 386 g/mol. The minimum atomic E-state index is 0.0427. The van der Waals surface area contributed by atoms with E-state index in [1.165, 1.54) is 5.56 Å². The molecule has 0 saturated heterocycles. The largest absolute Gasteiger partial charge is 0.356 e. The number of benzene rings is 2. The van der Waals surface area contributed by atoms with Crippen molar-refractivity contribution in [3.63, 3.8) is 0 Å². The van der Waals surface area contributed by atoms with E-state index in [2.05, 4.69) is 27.0 Å². The summed E-state index contributed by atoms with van der Waals surface area (Å²) in [6, 6.07) is 15.7. The smallest absolute Gasteiger partial charge is 0.224 e. The van der Waals surface area contributed by atoms with Gasteiger partial charge in [-0.25, -0.2) is 0 Å². The Morgan fingerprint density at radius 3 is 2.59 bits per heavy atom. The molecule has 0 aliphatic carbocycles. The summed E-state index contributed by atoms with van der Waals surface area (Å²) in [6.45, 7) is 3.37. The van der Waals surface area contributed by atoms with Crippen LogP contribution in [-0.4, -0.2) is 25.5 Å². The quantitative estimate of drug-likeness (QED) is 0.474. The van der Waals surface area contributed by atoms with Gasteiger partial charge in [0.25, 0.3) is 0 Å². The zero-order chi connectivity index (χ0) is 19.5. The lowest BCUT2D eigenvalue weighted by Gasteiger charge is -2.13. The van der Waals surface area contributed by atoms with Crippen molar-refractivity contribution in [3.8, 4) is 0 Å². The van der Waals surface area contributed by atoms with Crippen molar-refractivity contribution >= 4 is 29.2 Å². The number of nitrogens with one attached hydrogen (secondary N) is 3. The van der Waals surface area contributed by atoms with E-state index in [1.54, 1.807) is 7.05 Å². The van der Waals surface area contributed by atoms with Crippen molar-refractivity contribution in [2.45, 2.75) is 32.7 Å². The highest BCUT2D eigenvalue weighted by atomic mass is 35.5. The third-order valence-electron chi connectivity index (χ3n) is 3.97. The van der Waals surface area contributed by atoms with Crippen LogP contribution >= 0.6 is 11.6 Å². The molecule has 0 fully saturated rings. The standard InChI is InChI=1S/C21H27ClN4O/c1-3-6-20(27)26-19-10-5-8-17(14-19)15-25-21(23-2)24-12-11-16-7-4-9-18(22)13-16/h4-5,7-10,13-14H,3,6,11-12,15H2,1-2H3,(H,26,27)(H2,23,24,25). The molecule has 0 aliphatic heterocycles. The molecule has 0 heterocycles. The Hall–Kier alpha value is -2.53. The first-order valence-corrected chi connectivity index (χ1v) is 9.56. The van der Waals surface area contributed by atoms with Crippen molar-refractivity contribution in [3.05, 3.63) is 64.7 Å². The predicted molar refractivity (Wildman–Crippen MR) is 113 cm³/mol. The first-order chi connectivity index (χ1) is 13.1. The van der Waals surface area contributed by atoms with Gasteiger partial charge in [0, 0.05) is 37.3 Å². The molecule has 5 nitrogen and oxygen atoms in total. The number of anilines is 1. The molecule has 2 rings (SSSR count). The fourth-order valence-corrected chi connectivity index (χ4v) is 2.85. The second-order valence-electron chi connectivity index (χ2n) is 6.23. The molecular weight excluding hydrogens is 360 g/mol. The van der Waals surface area contributed by atoms with Crippen LogP contribution < -0.4 is 16.0 Å². The van der Waals surface area contributed by atoms with Gasteiger partial charge in [0.15, 0.2) is 5.96 Å². The second-order valence-corrected chi connectivity index (χ2v) is 6.67. The molecule has 0 bridgehead atoms. The molecule has 0 aliphatic rings. The summed E-state index contributed by atoms with van der Waals surface area (Å²) in [7, 11) is 1.75. The Bertz CT molecular complexity index is 776. The van der Waals surface area contributed by atoms with Gasteiger partial charge in [-0.1, -0.05) is 42.8 Å². The molecular formula is C21H27ClN4O. The van der Waals surface area contributed by atoms with Crippen molar-refractivity contribution in [2.75, 3.05) is 18.9 Å². The molecule has 2 aromatic rings. The Kier molecular flexibility index (Phi) is 8.65. The number of aliphatic imine (C=N–C) groups is 1. The number of guanidine groups is 1. The predicted octanol–water partition coefficient (Wildman–Crippen LogP) is 3.99. The van der Waals surface area contributed by atoms with E-state index in [1.807, 2.05) is 49.4 Å². The maximum atomic E-state index is 11.7. The van der Waals surface area contributed by atoms with Gasteiger partial charge in [-0.2, -0.15) is 0 Å². The van der Waals surface area contributed by atoms with E-state index in [-0.39, 0.29) is 5.91 Å². The first kappa shape index (κ1) is 20.8. The molecule has 0 aromatic heterocycles. The Morgan fingerprint density at radius 1 is 1.07 bits per heavy atom. The van der Waals surface area contributed by atoms with Crippen LogP contribution in [0.3, 0.4) is 0 Å². The summed E-state index contributed by atoms with van der Waals surface area (Å²) >= 11 is 6.01. The van der Waals surface area contributed by atoms with Crippen LogP contribution in [0.5, 0.6) is 0 Å². The minimum absolute atomic E-state index is 0.0427. The molecule has 27 heavy (non-hydrogen) atoms. The second kappa shape index (κ2) is 11.2. The lowest BCUT2D eigenvalue weighted by Crippen LogP contribution is -2.37. The van der Waals surface area contributed by atoms with Crippen molar-refractivity contribution in [2.24, 2.45) is 4.99 Å². The van der Waals surface area contributed by atoms with Crippen LogP contribution in [0.4, 0.5) is 5.69 Å². The van der Waals surface area contributed by atoms with Crippen LogP contribution in [0.2, 0.25) is 5.02 Å². The lowest BCUT2D eigenvalue weighted by molar-refractivity contribution is -0.116. The summed E-state index contributed by atoms with van der Waals surface area (Å²) in [4.78, 5) is 16.0. The Labute approximate surface area is 166 Å². The molecule has 0 saturated carbocycles. The average molecular weight is 387 g/mol. The highest BCUT2D eigenvalue weighted by Gasteiger charge is 2.03. The van der Waals surface area contributed by atoms with Gasteiger partial charge in [0.1, 0.15) is 0 Å². The molecule has 6 heteroatoms. The topological polar surface area (TPSA) is 65.5 Å². The SMILES string of the molecule is CCCC(=O)Nc1cccc(CNC(=NC)NCCc2cccc(Cl)c2)c1. The molecule has 3 N–H and O–H groups in total. The number of halogens is 1. The molecule has 144 valence electrons. The summed E-state index contributed by atoms with van der Waals surface area (Å²) in [5.41, 5.74) is 3.07. The zero-order valence-corrected chi connectivity index (χ0v) is 16.6. The number of carbonyl (C=O) groups is 1. The molecule has 0 spiro atoms. The number of hydrogen-bond donors (Lipinski definition) is 3. The minimum Gasteiger partial charge on any atom is -0.356 e. The van der Waals surface area contributed by atoms with Crippen LogP contribution in [0.25, 0.3) is 0 Å². The van der Waals surface area contributed by atoms with Crippen LogP contribution in [0, 0.1) is 0 Å². The van der Waals surface area contributed by atoms with Crippen LogP contribution in [0.1, 0.15) is 30.9 Å². The highest BCUT2D eigenvalue weighted by molar-refractivity contribution is 6.30. The van der Waals surface area contributed by atoms with Gasteiger partial charge >= 0.3 is 0 Å². The summed E-state index contributed by atoms with van der Waals surface area (Å²) in [6.07, 6.45) is 2.23. The molecule has 2 aromatic carbocycles. The van der Waals surface area contributed by atoms with Gasteiger partial charge in [0.2, 0.25) is 5.91 Å². The molecule has 0 radical (unpaired) electrons. The normalized spacial score (nSPS) is 11.1. The average Bonchev–Trinajstić information content (AvgIpc) is 2.65. The van der Waals surface area contributed by atoms with Crippen LogP contribution in [0.15, 0.2) is 53.5 Å². The van der Waals surface area contributed by atoms with Gasteiger partial charge in [-0.3, -0.25) is 9.79 Å². The van der Waals surface area contributed by atoms with Gasteiger partial charge in [-0.15, -0.1) is 0 Å². The number of hydrogen-bond acceptors (Lipinski definition) is 2. The summed E-state index contributed by atoms with van der Waals surface area (Å²) in [5, 5.41) is 10.3. The summed E-state index contributed by atoms with van der Waals surface area (Å²) < 4.78 is 0. The van der Waals surface area contributed by atoms with Crippen molar-refractivity contribution in [1.29, 1.82) is 0 Å². The maximum absolute atomic E-state index is 11.7. The number of nitrogens with zero attached hydrogens (tertiary/aromatic N) is 1. The van der Waals surface area contributed by atoms with Crippen LogP contribution in [-0.2, 0) is 17.8 Å². The van der Waals surface area contributed by atoms with E-state index < -0.39 is 0 Å². The van der Waals surface area contributed by atoms with E-state index in [4.69, 9.17) is 11.6 Å². The lowest BCUT2D eigenvalue weighted by atomic mass is 10.1. The van der Waals surface area contributed by atoms with Crippen molar-refractivity contribution in [1.82, 2.24) is 10.6 Å². The van der Waals surface area contributed by atoms with Gasteiger partial charge in [-0.05, 0) is 48.2 Å². The molecule has 0 unspecified atom stereocenters. The van der Waals surface area contributed by atoms with E-state index in [0.717, 1.165) is 41.6 Å². The maximum Gasteiger partial charge on any atom is 0.224 e. The van der Waals surface area contributed by atoms with E-state index in [9.17, 15) is 4.79 Å². The van der Waals surface area contributed by atoms with Gasteiger partial charge in [0.05, 0.1) is 0 Å². The fourth-order valence-electron chi connectivity index (χ4n) is 2.63. The molecule has 1 amide bonds. The van der Waals surface area contributed by atoms with E-state index in [0.29, 0.717) is 13.0 Å². The third kappa shape index (κ3) is 7.71. The molecule has 0 atom stereocenters. The fraction of sp³-hybridized carbons (Fsp3) is 0.333. The van der Waals surface area contributed by atoms with Crippen molar-refractivity contribution < 1.29 is 4.79 Å². The van der Waals surface area contributed by atoms with Gasteiger partial charge < -0.3 is 16.0 Å². The third-order valence-corrected chi connectivity index (χ3v) is 4.20. The number of amides is 1. The Morgan fingerprint density at radius 2 is 1.85 bits per heavy atom. The Balaban J connectivity index is 1.80. The highest BCUT2D eigenvalue weighted by Crippen LogP contribution is 2.12. The van der Waals surface area contributed by atoms with E-state index >= 15 is 0 Å². The first-order valence-electron chi connectivity index (χ1n) is 9.18. The number of rotatable bonds is 8. The summed E-state index contributed by atoms with van der Waals surface area (Å²) in [5.74, 6) is 0.776.